The lowest BCUT2D eigenvalue weighted by molar-refractivity contribution is -0.121. The van der Waals surface area contributed by atoms with Crippen LogP contribution in [0.5, 0.6) is 5.75 Å². The Balaban J connectivity index is 1.43. The fourth-order valence-electron chi connectivity index (χ4n) is 2.52. The van der Waals surface area contributed by atoms with Crippen molar-refractivity contribution in [1.29, 1.82) is 0 Å². The molecule has 3 aromatic rings. The zero-order chi connectivity index (χ0) is 19.1. The lowest BCUT2D eigenvalue weighted by Gasteiger charge is -2.04. The first kappa shape index (κ1) is 18.9. The molecule has 7 heteroatoms. The molecule has 2 aromatic carbocycles. The number of amides is 1. The van der Waals surface area contributed by atoms with Crippen molar-refractivity contribution in [2.24, 2.45) is 0 Å². The highest BCUT2D eigenvalue weighted by atomic mass is 35.5. The SMILES string of the molecule is COc1ccc(-c2noc(CCC(=O)NCCc3ccc(Cl)cc3)n2)cc1. The summed E-state index contributed by atoms with van der Waals surface area (Å²) in [6.07, 6.45) is 1.45. The number of ether oxygens (including phenoxy) is 1. The van der Waals surface area contributed by atoms with Crippen LogP contribution in [-0.4, -0.2) is 29.7 Å². The molecule has 27 heavy (non-hydrogen) atoms. The number of carbonyl (C=O) groups excluding carboxylic acids is 1. The van der Waals surface area contributed by atoms with Crippen molar-refractivity contribution in [2.45, 2.75) is 19.3 Å². The number of hydrogen-bond acceptors (Lipinski definition) is 5. The van der Waals surface area contributed by atoms with Gasteiger partial charge in [0.2, 0.25) is 17.6 Å². The minimum absolute atomic E-state index is 0.0480. The summed E-state index contributed by atoms with van der Waals surface area (Å²) in [5.74, 6) is 1.65. The molecule has 0 saturated heterocycles. The van der Waals surface area contributed by atoms with E-state index in [-0.39, 0.29) is 5.91 Å². The van der Waals surface area contributed by atoms with Crippen molar-refractivity contribution in [3.05, 3.63) is 65.0 Å². The second-order valence-electron chi connectivity index (χ2n) is 5.97. The maximum atomic E-state index is 12.0. The molecule has 0 radical (unpaired) electrons. The molecule has 3 rings (SSSR count). The van der Waals surface area contributed by atoms with Crippen LogP contribution in [0.2, 0.25) is 5.02 Å². The Labute approximate surface area is 162 Å². The molecule has 0 fully saturated rings. The minimum Gasteiger partial charge on any atom is -0.497 e. The Kier molecular flexibility index (Phi) is 6.44. The van der Waals surface area contributed by atoms with Gasteiger partial charge in [-0.2, -0.15) is 4.98 Å². The van der Waals surface area contributed by atoms with Crippen LogP contribution in [0.15, 0.2) is 53.1 Å². The van der Waals surface area contributed by atoms with E-state index >= 15 is 0 Å². The van der Waals surface area contributed by atoms with E-state index in [1.54, 1.807) is 7.11 Å². The van der Waals surface area contributed by atoms with Crippen molar-refractivity contribution in [3.8, 4) is 17.1 Å². The predicted molar refractivity (Wildman–Crippen MR) is 103 cm³/mol. The molecule has 0 aliphatic heterocycles. The molecule has 0 atom stereocenters. The van der Waals surface area contributed by atoms with Crippen LogP contribution in [0.25, 0.3) is 11.4 Å². The van der Waals surface area contributed by atoms with Gasteiger partial charge in [0.05, 0.1) is 7.11 Å². The van der Waals surface area contributed by atoms with Crippen LogP contribution < -0.4 is 10.1 Å². The van der Waals surface area contributed by atoms with Gasteiger partial charge < -0.3 is 14.6 Å². The number of methoxy groups -OCH3 is 1. The fraction of sp³-hybridized carbons (Fsp3) is 0.250. The van der Waals surface area contributed by atoms with Crippen LogP contribution in [-0.2, 0) is 17.6 Å². The van der Waals surface area contributed by atoms with Gasteiger partial charge in [0.25, 0.3) is 0 Å². The van der Waals surface area contributed by atoms with Gasteiger partial charge in [-0.15, -0.1) is 0 Å². The number of aromatic nitrogens is 2. The molecule has 1 aromatic heterocycles. The van der Waals surface area contributed by atoms with E-state index in [1.165, 1.54) is 0 Å². The molecule has 0 spiro atoms. The van der Waals surface area contributed by atoms with Crippen LogP contribution in [0, 0.1) is 0 Å². The topological polar surface area (TPSA) is 77.2 Å². The van der Waals surface area contributed by atoms with E-state index in [4.69, 9.17) is 20.9 Å². The molecular weight excluding hydrogens is 366 g/mol. The maximum absolute atomic E-state index is 12.0. The summed E-state index contributed by atoms with van der Waals surface area (Å²) in [6.45, 7) is 0.571. The second kappa shape index (κ2) is 9.19. The number of aryl methyl sites for hydroxylation is 1. The van der Waals surface area contributed by atoms with Crippen LogP contribution in [0.3, 0.4) is 0 Å². The normalized spacial score (nSPS) is 10.6. The first-order chi connectivity index (χ1) is 13.1. The van der Waals surface area contributed by atoms with E-state index in [0.29, 0.717) is 36.1 Å². The van der Waals surface area contributed by atoms with Crippen molar-refractivity contribution in [2.75, 3.05) is 13.7 Å². The number of hydrogen-bond donors (Lipinski definition) is 1. The van der Waals surface area contributed by atoms with Crippen molar-refractivity contribution >= 4 is 17.5 Å². The first-order valence-corrected chi connectivity index (χ1v) is 9.00. The van der Waals surface area contributed by atoms with Crippen molar-refractivity contribution in [1.82, 2.24) is 15.5 Å². The molecule has 0 aliphatic carbocycles. The zero-order valence-electron chi connectivity index (χ0n) is 14.9. The molecule has 0 unspecified atom stereocenters. The van der Waals surface area contributed by atoms with E-state index < -0.39 is 0 Å². The van der Waals surface area contributed by atoms with E-state index in [0.717, 1.165) is 23.3 Å². The Morgan fingerprint density at radius 3 is 2.56 bits per heavy atom. The van der Waals surface area contributed by atoms with Gasteiger partial charge in [-0.3, -0.25) is 4.79 Å². The predicted octanol–water partition coefficient (Wildman–Crippen LogP) is 3.69. The summed E-state index contributed by atoms with van der Waals surface area (Å²) in [5.41, 5.74) is 1.96. The van der Waals surface area contributed by atoms with Crippen LogP contribution in [0.4, 0.5) is 0 Å². The van der Waals surface area contributed by atoms with Gasteiger partial charge in [0.15, 0.2) is 0 Å². The van der Waals surface area contributed by atoms with E-state index in [2.05, 4.69) is 15.5 Å². The number of benzene rings is 2. The van der Waals surface area contributed by atoms with Gasteiger partial charge >= 0.3 is 0 Å². The van der Waals surface area contributed by atoms with Gasteiger partial charge in [-0.1, -0.05) is 28.9 Å². The number of rotatable bonds is 8. The Bertz CT molecular complexity index is 876. The molecular formula is C20H20ClN3O3. The quantitative estimate of drug-likeness (QED) is 0.639. The van der Waals surface area contributed by atoms with Crippen molar-refractivity contribution in [3.63, 3.8) is 0 Å². The van der Waals surface area contributed by atoms with E-state index in [1.807, 2.05) is 48.5 Å². The molecule has 1 amide bonds. The third-order valence-corrected chi connectivity index (χ3v) is 4.28. The summed E-state index contributed by atoms with van der Waals surface area (Å²) in [7, 11) is 1.61. The van der Waals surface area contributed by atoms with Gasteiger partial charge in [-0.05, 0) is 48.4 Å². The summed E-state index contributed by atoms with van der Waals surface area (Å²) in [4.78, 5) is 16.3. The van der Waals surface area contributed by atoms with Gasteiger partial charge in [-0.25, -0.2) is 0 Å². The maximum Gasteiger partial charge on any atom is 0.227 e. The molecule has 140 valence electrons. The lowest BCUT2D eigenvalue weighted by atomic mass is 10.1. The Morgan fingerprint density at radius 2 is 1.85 bits per heavy atom. The number of halogens is 1. The summed E-state index contributed by atoms with van der Waals surface area (Å²) < 4.78 is 10.4. The third kappa shape index (κ3) is 5.56. The summed E-state index contributed by atoms with van der Waals surface area (Å²) in [6, 6.07) is 15.0. The molecule has 0 saturated carbocycles. The summed E-state index contributed by atoms with van der Waals surface area (Å²) >= 11 is 5.85. The molecule has 0 bridgehead atoms. The Morgan fingerprint density at radius 1 is 1.11 bits per heavy atom. The minimum atomic E-state index is -0.0480. The molecule has 1 N–H and O–H groups in total. The first-order valence-electron chi connectivity index (χ1n) is 8.62. The monoisotopic (exact) mass is 385 g/mol. The van der Waals surface area contributed by atoms with Crippen LogP contribution in [0.1, 0.15) is 17.9 Å². The number of nitrogens with one attached hydrogen (secondary N) is 1. The third-order valence-electron chi connectivity index (χ3n) is 4.03. The molecule has 1 heterocycles. The zero-order valence-corrected chi connectivity index (χ0v) is 15.7. The highest BCUT2D eigenvalue weighted by Crippen LogP contribution is 2.20. The molecule has 0 aliphatic rings. The summed E-state index contributed by atoms with van der Waals surface area (Å²) in [5, 5.41) is 7.56. The van der Waals surface area contributed by atoms with Gasteiger partial charge in [0.1, 0.15) is 5.75 Å². The van der Waals surface area contributed by atoms with E-state index in [9.17, 15) is 4.79 Å². The average molecular weight is 386 g/mol. The second-order valence-corrected chi connectivity index (χ2v) is 6.40. The fourth-order valence-corrected chi connectivity index (χ4v) is 2.65. The average Bonchev–Trinajstić information content (AvgIpc) is 3.17. The van der Waals surface area contributed by atoms with Crippen molar-refractivity contribution < 1.29 is 14.1 Å². The smallest absolute Gasteiger partial charge is 0.227 e. The number of carbonyl (C=O) groups is 1. The lowest BCUT2D eigenvalue weighted by Crippen LogP contribution is -2.25. The highest BCUT2D eigenvalue weighted by molar-refractivity contribution is 6.30. The molecule has 6 nitrogen and oxygen atoms in total. The number of nitrogens with zero attached hydrogens (tertiary/aromatic N) is 2. The van der Waals surface area contributed by atoms with Crippen LogP contribution >= 0.6 is 11.6 Å². The largest absolute Gasteiger partial charge is 0.497 e. The standard InChI is InChI=1S/C20H20ClN3O3/c1-26-17-8-4-15(5-9-17)20-23-19(27-24-20)11-10-18(25)22-13-12-14-2-6-16(21)7-3-14/h2-9H,10-13H2,1H3,(H,22,25). The Hall–Kier alpha value is -2.86. The highest BCUT2D eigenvalue weighted by Gasteiger charge is 2.11. The van der Waals surface area contributed by atoms with Gasteiger partial charge in [0, 0.05) is 30.0 Å².